The summed E-state index contributed by atoms with van der Waals surface area (Å²) in [5.74, 6) is 0.964. The number of halogens is 1. The Kier molecular flexibility index (Phi) is 6.21. The Morgan fingerprint density at radius 1 is 0.786 bits per heavy atom. The number of fused-ring (bicyclic) bond motifs is 6. The molecule has 42 heavy (non-hydrogen) atoms. The molecule has 1 N–H and O–H groups in total. The number of carbonyl (C=O) groups is 1. The summed E-state index contributed by atoms with van der Waals surface area (Å²) in [6.45, 7) is 7.03. The fourth-order valence-electron chi connectivity index (χ4n) is 6.04. The molecule has 7 rings (SSSR count). The third-order valence-corrected chi connectivity index (χ3v) is 8.39. The molecule has 2 aliphatic rings. The second kappa shape index (κ2) is 9.97. The first-order valence-corrected chi connectivity index (χ1v) is 14.4. The summed E-state index contributed by atoms with van der Waals surface area (Å²) >= 11 is 6.12. The molecular formula is C36H29ClN2O3. The van der Waals surface area contributed by atoms with Crippen molar-refractivity contribution in [3.05, 3.63) is 142 Å². The van der Waals surface area contributed by atoms with Gasteiger partial charge in [0.1, 0.15) is 11.5 Å². The summed E-state index contributed by atoms with van der Waals surface area (Å²) in [6, 6.07) is 33.9. The number of carbonyl (C=O) groups excluding carboxylic acids is 1. The highest BCUT2D eigenvalue weighted by Crippen LogP contribution is 2.57. The van der Waals surface area contributed by atoms with E-state index in [-0.39, 0.29) is 5.97 Å². The van der Waals surface area contributed by atoms with E-state index < -0.39 is 5.60 Å². The van der Waals surface area contributed by atoms with E-state index in [2.05, 4.69) is 54.4 Å². The topological polar surface area (TPSA) is 50.8 Å². The highest BCUT2D eigenvalue weighted by atomic mass is 35.5. The van der Waals surface area contributed by atoms with Crippen LogP contribution in [0, 0.1) is 13.8 Å². The van der Waals surface area contributed by atoms with Gasteiger partial charge in [-0.25, -0.2) is 4.79 Å². The fraction of sp³-hybridized carbons (Fsp3) is 0.139. The molecular weight excluding hydrogens is 544 g/mol. The minimum Gasteiger partial charge on any atom is -0.456 e. The lowest BCUT2D eigenvalue weighted by molar-refractivity contribution is 0.0224. The average Bonchev–Trinajstić information content (AvgIpc) is 3.29. The second-order valence-corrected chi connectivity index (χ2v) is 11.2. The lowest BCUT2D eigenvalue weighted by atomic mass is 9.77. The number of hydrogen-bond donors (Lipinski definition) is 1. The van der Waals surface area contributed by atoms with Gasteiger partial charge >= 0.3 is 5.97 Å². The number of nitrogens with one attached hydrogen (secondary N) is 1. The van der Waals surface area contributed by atoms with Crippen LogP contribution in [0.5, 0.6) is 11.5 Å². The minimum atomic E-state index is -1.15. The molecule has 2 heterocycles. The largest absolute Gasteiger partial charge is 0.456 e. The Morgan fingerprint density at radius 3 is 2.26 bits per heavy atom. The predicted molar refractivity (Wildman–Crippen MR) is 168 cm³/mol. The van der Waals surface area contributed by atoms with Crippen LogP contribution in [0.1, 0.15) is 45.1 Å². The van der Waals surface area contributed by atoms with E-state index >= 15 is 0 Å². The fourth-order valence-corrected chi connectivity index (χ4v) is 6.16. The zero-order valence-electron chi connectivity index (χ0n) is 23.6. The van der Waals surface area contributed by atoms with Gasteiger partial charge in [-0.2, -0.15) is 0 Å². The number of hydrogen-bond acceptors (Lipinski definition) is 5. The lowest BCUT2D eigenvalue weighted by Crippen LogP contribution is -2.33. The van der Waals surface area contributed by atoms with Gasteiger partial charge in [0.2, 0.25) is 0 Å². The Balaban J connectivity index is 1.40. The van der Waals surface area contributed by atoms with Crippen LogP contribution < -0.4 is 15.0 Å². The molecule has 5 nitrogen and oxygen atoms in total. The molecule has 0 amide bonds. The third kappa shape index (κ3) is 4.12. The molecule has 0 bridgehead atoms. The highest BCUT2D eigenvalue weighted by molar-refractivity contribution is 6.30. The number of rotatable bonds is 5. The van der Waals surface area contributed by atoms with Crippen molar-refractivity contribution in [2.45, 2.75) is 26.4 Å². The van der Waals surface area contributed by atoms with E-state index in [1.807, 2.05) is 79.7 Å². The Morgan fingerprint density at radius 2 is 1.50 bits per heavy atom. The van der Waals surface area contributed by atoms with Crippen LogP contribution >= 0.6 is 11.6 Å². The third-order valence-electron chi connectivity index (χ3n) is 8.14. The Hall–Kier alpha value is -4.74. The molecule has 0 radical (unpaired) electrons. The quantitative estimate of drug-likeness (QED) is 0.213. The van der Waals surface area contributed by atoms with Crippen molar-refractivity contribution in [2.24, 2.45) is 0 Å². The number of nitrogens with zero attached hydrogens (tertiary/aromatic N) is 1. The highest BCUT2D eigenvalue weighted by Gasteiger charge is 2.53. The van der Waals surface area contributed by atoms with Crippen molar-refractivity contribution in [3.63, 3.8) is 0 Å². The number of aryl methyl sites for hydroxylation is 2. The molecule has 1 atom stereocenters. The van der Waals surface area contributed by atoms with Crippen LogP contribution in [0.4, 0.5) is 22.7 Å². The van der Waals surface area contributed by atoms with Gasteiger partial charge in [0.25, 0.3) is 0 Å². The molecule has 6 heteroatoms. The average molecular weight is 573 g/mol. The maximum absolute atomic E-state index is 13.4. The second-order valence-electron chi connectivity index (χ2n) is 10.8. The SMILES string of the molecule is CCN(c1ccc(C)cc1)c1ccc2c(c1)Oc1cc(C)c(Nc3ccc(Cl)cc3)cc1C21OC(=O)c2ccccc21. The first kappa shape index (κ1) is 26.2. The van der Waals surface area contributed by atoms with Crippen molar-refractivity contribution in [3.8, 4) is 11.5 Å². The van der Waals surface area contributed by atoms with Gasteiger partial charge in [-0.3, -0.25) is 0 Å². The van der Waals surface area contributed by atoms with Gasteiger partial charge < -0.3 is 19.7 Å². The molecule has 2 aliphatic heterocycles. The summed E-state index contributed by atoms with van der Waals surface area (Å²) in [4.78, 5) is 15.6. The molecule has 0 saturated heterocycles. The van der Waals surface area contributed by atoms with Crippen molar-refractivity contribution < 1.29 is 14.3 Å². The molecule has 5 aromatic carbocycles. The van der Waals surface area contributed by atoms with Crippen molar-refractivity contribution >= 4 is 40.3 Å². The van der Waals surface area contributed by atoms with Gasteiger partial charge in [-0.15, -0.1) is 0 Å². The molecule has 0 fully saturated rings. The van der Waals surface area contributed by atoms with Crippen LogP contribution in [0.15, 0.2) is 103 Å². The Bertz CT molecular complexity index is 1850. The minimum absolute atomic E-state index is 0.351. The van der Waals surface area contributed by atoms with Gasteiger partial charge in [-0.05, 0) is 93.1 Å². The van der Waals surface area contributed by atoms with Crippen LogP contribution in [0.2, 0.25) is 5.02 Å². The van der Waals surface area contributed by atoms with E-state index in [9.17, 15) is 4.79 Å². The molecule has 1 spiro atoms. The van der Waals surface area contributed by atoms with Gasteiger partial charge in [-0.1, -0.05) is 47.5 Å². The van der Waals surface area contributed by atoms with Gasteiger partial charge in [0, 0.05) is 57.1 Å². The van der Waals surface area contributed by atoms with E-state index in [1.165, 1.54) is 5.56 Å². The molecule has 5 aromatic rings. The van der Waals surface area contributed by atoms with Crippen LogP contribution in [0.3, 0.4) is 0 Å². The predicted octanol–water partition coefficient (Wildman–Crippen LogP) is 9.43. The normalized spacial score (nSPS) is 16.2. The molecule has 0 aliphatic carbocycles. The standard InChI is InChI=1S/C36H29ClN2O3/c1-4-39(26-15-9-22(2)10-16-26)27-17-18-30-34(20-27)41-33-19-23(3)32(38-25-13-11-24(37)12-14-25)21-31(33)36(30)29-8-6-5-7-28(29)35(40)42-36/h5-21,38H,4H2,1-3H3. The van der Waals surface area contributed by atoms with Gasteiger partial charge in [0.05, 0.1) is 5.56 Å². The summed E-state index contributed by atoms with van der Waals surface area (Å²) in [7, 11) is 0. The molecule has 208 valence electrons. The number of anilines is 4. The first-order chi connectivity index (χ1) is 20.4. The smallest absolute Gasteiger partial charge is 0.340 e. The maximum atomic E-state index is 13.4. The van der Waals surface area contributed by atoms with E-state index in [0.29, 0.717) is 22.1 Å². The number of ether oxygens (including phenoxy) is 2. The molecule has 0 saturated carbocycles. The summed E-state index contributed by atoms with van der Waals surface area (Å²) in [6.07, 6.45) is 0. The molecule has 0 aromatic heterocycles. The number of esters is 1. The van der Waals surface area contributed by atoms with E-state index in [4.69, 9.17) is 21.1 Å². The zero-order chi connectivity index (χ0) is 29.0. The van der Waals surface area contributed by atoms with Crippen LogP contribution in [-0.4, -0.2) is 12.5 Å². The lowest BCUT2D eigenvalue weighted by Gasteiger charge is -2.38. The van der Waals surface area contributed by atoms with E-state index in [0.717, 1.165) is 51.5 Å². The summed E-state index contributed by atoms with van der Waals surface area (Å²) in [5.41, 5.74) is 7.86. The van der Waals surface area contributed by atoms with Crippen LogP contribution in [0.25, 0.3) is 0 Å². The molecule has 1 unspecified atom stereocenters. The summed E-state index contributed by atoms with van der Waals surface area (Å²) < 4.78 is 13.1. The monoisotopic (exact) mass is 572 g/mol. The maximum Gasteiger partial charge on any atom is 0.340 e. The van der Waals surface area contributed by atoms with Gasteiger partial charge in [0.15, 0.2) is 5.60 Å². The van der Waals surface area contributed by atoms with Crippen molar-refractivity contribution in [1.29, 1.82) is 0 Å². The van der Waals surface area contributed by atoms with E-state index in [1.54, 1.807) is 0 Å². The Labute approximate surface area is 250 Å². The van der Waals surface area contributed by atoms with Crippen molar-refractivity contribution in [2.75, 3.05) is 16.8 Å². The van der Waals surface area contributed by atoms with Crippen molar-refractivity contribution in [1.82, 2.24) is 0 Å². The first-order valence-electron chi connectivity index (χ1n) is 14.0. The summed E-state index contributed by atoms with van der Waals surface area (Å²) in [5, 5.41) is 4.18. The van der Waals surface area contributed by atoms with Crippen LogP contribution in [-0.2, 0) is 10.3 Å². The zero-order valence-corrected chi connectivity index (χ0v) is 24.3. The number of benzene rings is 5.